The Balaban J connectivity index is 2.13. The van der Waals surface area contributed by atoms with Gasteiger partial charge in [0.15, 0.2) is 0 Å². The van der Waals surface area contributed by atoms with Gasteiger partial charge in [0.25, 0.3) is 0 Å². The van der Waals surface area contributed by atoms with Crippen LogP contribution in [0.15, 0.2) is 29.6 Å². The van der Waals surface area contributed by atoms with Crippen molar-refractivity contribution in [3.05, 3.63) is 35.2 Å². The zero-order valence-corrected chi connectivity index (χ0v) is 11.0. The van der Waals surface area contributed by atoms with Crippen molar-refractivity contribution in [3.63, 3.8) is 0 Å². The molecule has 0 saturated heterocycles. The van der Waals surface area contributed by atoms with Gasteiger partial charge in [0.05, 0.1) is 6.10 Å². The summed E-state index contributed by atoms with van der Waals surface area (Å²) in [6.07, 6.45) is -0.0119. The molecule has 1 aromatic heterocycles. The highest BCUT2D eigenvalue weighted by atomic mass is 32.1. The predicted molar refractivity (Wildman–Crippen MR) is 72.8 cm³/mol. The third-order valence-electron chi connectivity index (χ3n) is 3.02. The highest BCUT2D eigenvalue weighted by molar-refractivity contribution is 7.17. The third-order valence-corrected chi connectivity index (χ3v) is 4.00. The van der Waals surface area contributed by atoms with Crippen LogP contribution in [0.25, 0.3) is 10.1 Å². The molecule has 96 valence electrons. The van der Waals surface area contributed by atoms with Gasteiger partial charge in [0.1, 0.15) is 0 Å². The summed E-state index contributed by atoms with van der Waals surface area (Å²) in [6.45, 7) is 1.85. The molecule has 2 atom stereocenters. The van der Waals surface area contributed by atoms with Gasteiger partial charge in [-0.15, -0.1) is 11.3 Å². The molecule has 0 saturated carbocycles. The van der Waals surface area contributed by atoms with Crippen LogP contribution in [0, 0.1) is 5.92 Å². The molecule has 2 aromatic rings. The van der Waals surface area contributed by atoms with E-state index in [0.717, 1.165) is 15.6 Å². The minimum atomic E-state index is -0.815. The highest BCUT2D eigenvalue weighted by Gasteiger charge is 2.17. The van der Waals surface area contributed by atoms with Gasteiger partial charge in [-0.1, -0.05) is 25.1 Å². The Morgan fingerprint density at radius 2 is 2.11 bits per heavy atom. The highest BCUT2D eigenvalue weighted by Crippen LogP contribution is 2.33. The summed E-state index contributed by atoms with van der Waals surface area (Å²) in [5, 5.41) is 22.0. The number of fused-ring (bicyclic) bond motifs is 1. The number of carboxylic acids is 1. The van der Waals surface area contributed by atoms with Crippen molar-refractivity contribution in [1.82, 2.24) is 0 Å². The van der Waals surface area contributed by atoms with E-state index in [9.17, 15) is 9.90 Å². The fraction of sp³-hybridized carbons (Fsp3) is 0.357. The van der Waals surface area contributed by atoms with Gasteiger partial charge in [0.2, 0.25) is 0 Å². The van der Waals surface area contributed by atoms with Gasteiger partial charge in [-0.3, -0.25) is 4.79 Å². The zero-order chi connectivity index (χ0) is 13.1. The zero-order valence-electron chi connectivity index (χ0n) is 10.2. The van der Waals surface area contributed by atoms with Gasteiger partial charge >= 0.3 is 5.97 Å². The molecule has 3 nitrogen and oxygen atoms in total. The van der Waals surface area contributed by atoms with Crippen LogP contribution in [0.1, 0.15) is 31.4 Å². The smallest absolute Gasteiger partial charge is 0.303 e. The van der Waals surface area contributed by atoms with E-state index < -0.39 is 12.1 Å². The molecule has 2 unspecified atom stereocenters. The number of aliphatic carboxylic acids is 1. The van der Waals surface area contributed by atoms with Gasteiger partial charge < -0.3 is 10.2 Å². The summed E-state index contributed by atoms with van der Waals surface area (Å²) < 4.78 is 1.15. The minimum Gasteiger partial charge on any atom is -0.481 e. The number of benzene rings is 1. The van der Waals surface area contributed by atoms with Crippen LogP contribution in [-0.4, -0.2) is 16.2 Å². The van der Waals surface area contributed by atoms with Crippen LogP contribution in [-0.2, 0) is 4.79 Å². The van der Waals surface area contributed by atoms with Crippen LogP contribution in [0.3, 0.4) is 0 Å². The Kier molecular flexibility index (Phi) is 3.99. The number of aliphatic hydroxyl groups excluding tert-OH is 1. The van der Waals surface area contributed by atoms with Crippen molar-refractivity contribution in [1.29, 1.82) is 0 Å². The van der Waals surface area contributed by atoms with Crippen LogP contribution in [0.2, 0.25) is 0 Å². The standard InChI is InChI=1S/C14H16O3S/c1-9(7-14(16)17)6-12(15)11-8-18-13-5-3-2-4-10(11)13/h2-5,8-9,12,15H,6-7H2,1H3,(H,16,17). The average molecular weight is 264 g/mol. The SMILES string of the molecule is CC(CC(=O)O)CC(O)c1csc2ccccc12. The van der Waals surface area contributed by atoms with Gasteiger partial charge in [-0.25, -0.2) is 0 Å². The lowest BCUT2D eigenvalue weighted by molar-refractivity contribution is -0.138. The second kappa shape index (κ2) is 5.50. The maximum absolute atomic E-state index is 10.6. The molecule has 4 heteroatoms. The Hall–Kier alpha value is -1.39. The Labute approximate surface area is 110 Å². The van der Waals surface area contributed by atoms with E-state index in [1.54, 1.807) is 11.3 Å². The number of aliphatic hydroxyl groups is 1. The molecule has 0 bridgehead atoms. The van der Waals surface area contributed by atoms with E-state index in [0.29, 0.717) is 6.42 Å². The summed E-state index contributed by atoms with van der Waals surface area (Å²) in [7, 11) is 0. The summed E-state index contributed by atoms with van der Waals surface area (Å²) in [4.78, 5) is 10.6. The molecular formula is C14H16O3S. The Bertz CT molecular complexity index is 547. The monoisotopic (exact) mass is 264 g/mol. The lowest BCUT2D eigenvalue weighted by Crippen LogP contribution is -2.08. The van der Waals surface area contributed by atoms with Crippen molar-refractivity contribution in [3.8, 4) is 0 Å². The molecule has 1 heterocycles. The number of hydrogen-bond donors (Lipinski definition) is 2. The van der Waals surface area contributed by atoms with Gasteiger partial charge in [-0.05, 0) is 34.7 Å². The molecule has 0 amide bonds. The van der Waals surface area contributed by atoms with E-state index in [4.69, 9.17) is 5.11 Å². The van der Waals surface area contributed by atoms with E-state index in [2.05, 4.69) is 0 Å². The van der Waals surface area contributed by atoms with E-state index >= 15 is 0 Å². The first-order chi connectivity index (χ1) is 8.58. The van der Waals surface area contributed by atoms with Gasteiger partial charge in [-0.2, -0.15) is 0 Å². The maximum atomic E-state index is 10.6. The maximum Gasteiger partial charge on any atom is 0.303 e. The number of hydrogen-bond acceptors (Lipinski definition) is 3. The Morgan fingerprint density at radius 3 is 2.83 bits per heavy atom. The molecule has 2 rings (SSSR count). The van der Waals surface area contributed by atoms with Crippen LogP contribution in [0.5, 0.6) is 0 Å². The molecule has 0 spiro atoms. The number of carboxylic acid groups (broad SMARTS) is 1. The third kappa shape index (κ3) is 2.89. The van der Waals surface area contributed by atoms with Gasteiger partial charge in [0, 0.05) is 11.1 Å². The average Bonchev–Trinajstić information content (AvgIpc) is 2.71. The predicted octanol–water partition coefficient (Wildman–Crippen LogP) is 3.44. The molecule has 18 heavy (non-hydrogen) atoms. The van der Waals surface area contributed by atoms with Crippen molar-refractivity contribution < 1.29 is 15.0 Å². The van der Waals surface area contributed by atoms with Crippen molar-refractivity contribution in [2.75, 3.05) is 0 Å². The fourth-order valence-electron chi connectivity index (χ4n) is 2.15. The number of thiophene rings is 1. The Morgan fingerprint density at radius 1 is 1.39 bits per heavy atom. The molecule has 2 N–H and O–H groups in total. The van der Waals surface area contributed by atoms with Crippen LogP contribution in [0.4, 0.5) is 0 Å². The lowest BCUT2D eigenvalue weighted by atomic mass is 9.95. The minimum absolute atomic E-state index is 0.0313. The molecular weight excluding hydrogens is 248 g/mol. The summed E-state index contributed by atoms with van der Waals surface area (Å²) in [5.41, 5.74) is 0.910. The summed E-state index contributed by atoms with van der Waals surface area (Å²) in [5.74, 6) is -0.846. The number of carbonyl (C=O) groups is 1. The first kappa shape index (κ1) is 13.1. The normalized spacial score (nSPS) is 14.6. The second-order valence-electron chi connectivity index (χ2n) is 4.64. The van der Waals surface area contributed by atoms with Crippen molar-refractivity contribution in [2.45, 2.75) is 25.9 Å². The fourth-order valence-corrected chi connectivity index (χ4v) is 3.15. The molecule has 0 radical (unpaired) electrons. The molecule has 0 aliphatic rings. The summed E-state index contributed by atoms with van der Waals surface area (Å²) >= 11 is 1.61. The molecule has 0 fully saturated rings. The second-order valence-corrected chi connectivity index (χ2v) is 5.55. The largest absolute Gasteiger partial charge is 0.481 e. The van der Waals surface area contributed by atoms with Crippen molar-refractivity contribution in [2.24, 2.45) is 5.92 Å². The van der Waals surface area contributed by atoms with E-state index in [-0.39, 0.29) is 12.3 Å². The van der Waals surface area contributed by atoms with Crippen LogP contribution < -0.4 is 0 Å². The summed E-state index contributed by atoms with van der Waals surface area (Å²) in [6, 6.07) is 7.94. The molecule has 0 aliphatic carbocycles. The van der Waals surface area contributed by atoms with Crippen molar-refractivity contribution >= 4 is 27.4 Å². The first-order valence-corrected chi connectivity index (χ1v) is 6.82. The van der Waals surface area contributed by atoms with E-state index in [1.807, 2.05) is 36.6 Å². The quantitative estimate of drug-likeness (QED) is 0.869. The lowest BCUT2D eigenvalue weighted by Gasteiger charge is -2.14. The number of rotatable bonds is 5. The molecule has 1 aromatic carbocycles. The van der Waals surface area contributed by atoms with E-state index in [1.165, 1.54) is 0 Å². The van der Waals surface area contributed by atoms with Crippen LogP contribution >= 0.6 is 11.3 Å². The molecule has 0 aliphatic heterocycles. The topological polar surface area (TPSA) is 57.5 Å². The first-order valence-electron chi connectivity index (χ1n) is 5.94.